The molecule has 4 rings (SSSR count). The first-order valence-corrected chi connectivity index (χ1v) is 12.7. The molecule has 9 heteroatoms. The van der Waals surface area contributed by atoms with E-state index < -0.39 is 5.63 Å². The van der Waals surface area contributed by atoms with Crippen LogP contribution in [0.4, 0.5) is 5.13 Å². The zero-order valence-corrected chi connectivity index (χ0v) is 19.5. The number of amides is 2. The van der Waals surface area contributed by atoms with E-state index in [1.165, 1.54) is 29.5 Å². The number of carbonyl (C=O) groups is 2. The van der Waals surface area contributed by atoms with Crippen molar-refractivity contribution in [1.82, 2.24) is 9.88 Å². The van der Waals surface area contributed by atoms with E-state index in [0.717, 1.165) is 31.2 Å². The molecule has 0 radical (unpaired) electrons. The van der Waals surface area contributed by atoms with Gasteiger partial charge in [0.25, 0.3) is 0 Å². The molecule has 168 valence electrons. The molecule has 0 aliphatic carbocycles. The fourth-order valence-corrected chi connectivity index (χ4v) is 5.34. The Bertz CT molecular complexity index is 1170. The largest absolute Gasteiger partial charge is 0.422 e. The minimum absolute atomic E-state index is 0.105. The second kappa shape index (κ2) is 10.3. The van der Waals surface area contributed by atoms with Crippen molar-refractivity contribution in [1.29, 1.82) is 0 Å². The molecule has 0 bridgehead atoms. The molecule has 3 heterocycles. The molecule has 1 aromatic carbocycles. The number of rotatable bonds is 7. The van der Waals surface area contributed by atoms with Gasteiger partial charge in [-0.25, -0.2) is 9.78 Å². The summed E-state index contributed by atoms with van der Waals surface area (Å²) < 4.78 is 5.36. The predicted molar refractivity (Wildman–Crippen MR) is 129 cm³/mol. The molecule has 1 fully saturated rings. The van der Waals surface area contributed by atoms with E-state index in [2.05, 4.69) is 17.2 Å². The average Bonchev–Trinajstić information content (AvgIpc) is 3.26. The molecule has 1 aliphatic heterocycles. The zero-order chi connectivity index (χ0) is 22.5. The van der Waals surface area contributed by atoms with E-state index >= 15 is 0 Å². The van der Waals surface area contributed by atoms with E-state index in [-0.39, 0.29) is 17.6 Å². The Kier molecular flexibility index (Phi) is 7.26. The van der Waals surface area contributed by atoms with Crippen molar-refractivity contribution in [3.05, 3.63) is 46.1 Å². The van der Waals surface area contributed by atoms with Gasteiger partial charge in [0, 0.05) is 23.4 Å². The molecule has 2 aromatic heterocycles. The molecule has 2 amide bonds. The summed E-state index contributed by atoms with van der Waals surface area (Å²) in [7, 11) is 0. The van der Waals surface area contributed by atoms with Crippen LogP contribution in [0, 0.1) is 0 Å². The quantitative estimate of drug-likeness (QED) is 0.514. The van der Waals surface area contributed by atoms with Gasteiger partial charge < -0.3 is 14.6 Å². The van der Waals surface area contributed by atoms with E-state index in [1.807, 2.05) is 23.1 Å². The summed E-state index contributed by atoms with van der Waals surface area (Å²) in [6.45, 7) is 2.93. The number of anilines is 1. The summed E-state index contributed by atoms with van der Waals surface area (Å²) in [6.07, 6.45) is 4.26. The molecule has 1 unspecified atom stereocenters. The number of piperidine rings is 1. The molecule has 1 saturated heterocycles. The fraction of sp³-hybridized carbons (Fsp3) is 0.391. The Morgan fingerprint density at radius 3 is 2.97 bits per heavy atom. The first-order chi connectivity index (χ1) is 15.5. The monoisotopic (exact) mass is 471 g/mol. The maximum absolute atomic E-state index is 12.5. The third-order valence-corrected chi connectivity index (χ3v) is 7.22. The highest BCUT2D eigenvalue weighted by Crippen LogP contribution is 2.25. The van der Waals surface area contributed by atoms with Crippen molar-refractivity contribution >= 4 is 51.0 Å². The highest BCUT2D eigenvalue weighted by molar-refractivity contribution is 8.00. The third-order valence-electron chi connectivity index (χ3n) is 5.55. The maximum atomic E-state index is 12.5. The van der Waals surface area contributed by atoms with Crippen LogP contribution in [0.5, 0.6) is 0 Å². The van der Waals surface area contributed by atoms with Crippen LogP contribution in [0.15, 0.2) is 44.9 Å². The summed E-state index contributed by atoms with van der Waals surface area (Å²) in [5.74, 6) is 0.350. The molecule has 1 aliphatic rings. The van der Waals surface area contributed by atoms with Crippen molar-refractivity contribution in [2.24, 2.45) is 0 Å². The van der Waals surface area contributed by atoms with Crippen LogP contribution < -0.4 is 10.9 Å². The van der Waals surface area contributed by atoms with E-state index in [0.29, 0.717) is 33.8 Å². The second-order valence-electron chi connectivity index (χ2n) is 7.71. The van der Waals surface area contributed by atoms with Crippen molar-refractivity contribution in [2.45, 2.75) is 38.6 Å². The molecule has 0 saturated carbocycles. The Morgan fingerprint density at radius 1 is 1.28 bits per heavy atom. The van der Waals surface area contributed by atoms with E-state index in [9.17, 15) is 14.4 Å². The third kappa shape index (κ3) is 5.21. The number of hydrogen-bond acceptors (Lipinski definition) is 7. The minimum Gasteiger partial charge on any atom is -0.422 e. The van der Waals surface area contributed by atoms with Crippen LogP contribution in [0.1, 0.15) is 32.6 Å². The SMILES string of the molecule is CCC1CCCCN1C(=O)CSCC(=O)Nc1nc(-c2cc3ccccc3oc2=O)cs1. The molecule has 7 nitrogen and oxygen atoms in total. The fourth-order valence-electron chi connectivity index (χ4n) is 3.92. The number of nitrogens with one attached hydrogen (secondary N) is 1. The normalized spacial score (nSPS) is 16.3. The molecule has 3 aromatic rings. The van der Waals surface area contributed by atoms with Gasteiger partial charge in [-0.15, -0.1) is 23.1 Å². The minimum atomic E-state index is -0.468. The van der Waals surface area contributed by atoms with Crippen molar-refractivity contribution < 1.29 is 14.0 Å². The molecule has 32 heavy (non-hydrogen) atoms. The van der Waals surface area contributed by atoms with Crippen LogP contribution >= 0.6 is 23.1 Å². The standard InChI is InChI=1S/C23H25N3O4S2/c1-2-16-8-5-6-10-26(16)21(28)14-31-13-20(27)25-23-24-18(12-32-23)17-11-15-7-3-4-9-19(15)30-22(17)29/h3-4,7,9,11-12,16H,2,5-6,8,10,13-14H2,1H3,(H,24,25,27). The number of fused-ring (bicyclic) bond motifs is 1. The summed E-state index contributed by atoms with van der Waals surface area (Å²) in [5.41, 5.74) is 0.867. The van der Waals surface area contributed by atoms with Crippen LogP contribution in [0.25, 0.3) is 22.2 Å². The number of aromatic nitrogens is 1. The van der Waals surface area contributed by atoms with Crippen LogP contribution in [0.2, 0.25) is 0 Å². The van der Waals surface area contributed by atoms with Crippen molar-refractivity contribution in [2.75, 3.05) is 23.4 Å². The zero-order valence-electron chi connectivity index (χ0n) is 17.8. The number of para-hydroxylation sites is 1. The Balaban J connectivity index is 1.32. The number of carbonyl (C=O) groups excluding carboxylic acids is 2. The first kappa shape index (κ1) is 22.5. The molecular weight excluding hydrogens is 446 g/mol. The van der Waals surface area contributed by atoms with Crippen molar-refractivity contribution in [3.8, 4) is 11.3 Å². The summed E-state index contributed by atoms with van der Waals surface area (Å²) in [6, 6.07) is 9.35. The second-order valence-corrected chi connectivity index (χ2v) is 9.55. The lowest BCUT2D eigenvalue weighted by atomic mass is 10.0. The number of hydrogen-bond donors (Lipinski definition) is 1. The lowest BCUT2D eigenvalue weighted by molar-refractivity contribution is -0.132. The number of thioether (sulfide) groups is 1. The summed E-state index contributed by atoms with van der Waals surface area (Å²) >= 11 is 2.56. The van der Waals surface area contributed by atoms with Gasteiger partial charge in [0.2, 0.25) is 11.8 Å². The van der Waals surface area contributed by atoms with Gasteiger partial charge in [0.1, 0.15) is 5.58 Å². The highest BCUT2D eigenvalue weighted by Gasteiger charge is 2.25. The number of nitrogens with zero attached hydrogens (tertiary/aromatic N) is 2. The van der Waals surface area contributed by atoms with Gasteiger partial charge in [-0.2, -0.15) is 0 Å². The predicted octanol–water partition coefficient (Wildman–Crippen LogP) is 4.38. The average molecular weight is 472 g/mol. The number of thiazole rings is 1. The van der Waals surface area contributed by atoms with Gasteiger partial charge in [0.15, 0.2) is 5.13 Å². The molecular formula is C23H25N3O4S2. The highest BCUT2D eigenvalue weighted by atomic mass is 32.2. The van der Waals surface area contributed by atoms with Gasteiger partial charge in [-0.1, -0.05) is 25.1 Å². The Hall–Kier alpha value is -2.65. The van der Waals surface area contributed by atoms with E-state index in [1.54, 1.807) is 17.5 Å². The van der Waals surface area contributed by atoms with Gasteiger partial charge in [0.05, 0.1) is 22.8 Å². The van der Waals surface area contributed by atoms with Crippen molar-refractivity contribution in [3.63, 3.8) is 0 Å². The smallest absolute Gasteiger partial charge is 0.345 e. The molecule has 1 atom stereocenters. The number of benzene rings is 1. The molecule has 0 spiro atoms. The Morgan fingerprint density at radius 2 is 2.12 bits per heavy atom. The van der Waals surface area contributed by atoms with Crippen LogP contribution in [0.3, 0.4) is 0 Å². The molecule has 1 N–H and O–H groups in total. The van der Waals surface area contributed by atoms with E-state index in [4.69, 9.17) is 4.42 Å². The van der Waals surface area contributed by atoms with Gasteiger partial charge in [-0.05, 0) is 37.8 Å². The maximum Gasteiger partial charge on any atom is 0.345 e. The van der Waals surface area contributed by atoms with Crippen LogP contribution in [-0.2, 0) is 9.59 Å². The lowest BCUT2D eigenvalue weighted by Gasteiger charge is -2.35. The summed E-state index contributed by atoms with van der Waals surface area (Å²) in [4.78, 5) is 43.5. The number of likely N-dealkylation sites (tertiary alicyclic amines) is 1. The topological polar surface area (TPSA) is 92.5 Å². The lowest BCUT2D eigenvalue weighted by Crippen LogP contribution is -2.44. The Labute approximate surface area is 194 Å². The van der Waals surface area contributed by atoms with Crippen LogP contribution in [-0.4, -0.2) is 45.8 Å². The van der Waals surface area contributed by atoms with Gasteiger partial charge in [-0.3, -0.25) is 9.59 Å². The summed E-state index contributed by atoms with van der Waals surface area (Å²) in [5, 5.41) is 5.68. The van der Waals surface area contributed by atoms with Gasteiger partial charge >= 0.3 is 5.63 Å². The first-order valence-electron chi connectivity index (χ1n) is 10.7.